The number of anilines is 2. The number of halogens is 1. The number of esters is 1. The van der Waals surface area contributed by atoms with Gasteiger partial charge >= 0.3 is 5.97 Å². The maximum atomic E-state index is 11.6. The third-order valence-electron chi connectivity index (χ3n) is 2.08. The molecule has 0 unspecified atom stereocenters. The summed E-state index contributed by atoms with van der Waals surface area (Å²) in [5, 5.41) is 7.84. The third kappa shape index (κ3) is 2.77. The van der Waals surface area contributed by atoms with Crippen LogP contribution in [0, 0.1) is 0 Å². The average molecular weight is 284 g/mol. The highest BCUT2D eigenvalue weighted by Gasteiger charge is 2.18. The fourth-order valence-electron chi connectivity index (χ4n) is 1.29. The Morgan fingerprint density at radius 1 is 1.50 bits per heavy atom. The van der Waals surface area contributed by atoms with Crippen molar-refractivity contribution in [2.75, 3.05) is 11.9 Å². The van der Waals surface area contributed by atoms with Crippen molar-refractivity contribution < 1.29 is 9.53 Å². The van der Waals surface area contributed by atoms with E-state index < -0.39 is 5.97 Å². The van der Waals surface area contributed by atoms with E-state index in [1.54, 1.807) is 19.1 Å². The van der Waals surface area contributed by atoms with Crippen LogP contribution >= 0.6 is 23.1 Å². The summed E-state index contributed by atoms with van der Waals surface area (Å²) >= 11 is 7.09. The zero-order chi connectivity index (χ0) is 13.0. The highest BCUT2D eigenvalue weighted by Crippen LogP contribution is 2.28. The van der Waals surface area contributed by atoms with Gasteiger partial charge in [0.05, 0.1) is 17.3 Å². The molecule has 0 saturated heterocycles. The zero-order valence-electron chi connectivity index (χ0n) is 9.51. The lowest BCUT2D eigenvalue weighted by molar-refractivity contribution is 0.0520. The first-order valence-electron chi connectivity index (χ1n) is 5.23. The smallest absolute Gasteiger partial charge is 0.362 e. The van der Waals surface area contributed by atoms with Gasteiger partial charge in [0.15, 0.2) is 0 Å². The summed E-state index contributed by atoms with van der Waals surface area (Å²) in [6, 6.07) is 7.22. The number of nitrogens with one attached hydrogen (secondary N) is 1. The highest BCUT2D eigenvalue weighted by atomic mass is 35.5. The maximum Gasteiger partial charge on any atom is 0.362 e. The molecular formula is C11H10ClN3O2S. The molecule has 0 fully saturated rings. The molecule has 2 aromatic rings. The lowest BCUT2D eigenvalue weighted by atomic mass is 10.3. The number of para-hydroxylation sites is 1. The van der Waals surface area contributed by atoms with Crippen molar-refractivity contribution in [3.8, 4) is 0 Å². The average Bonchev–Trinajstić information content (AvgIpc) is 2.81. The number of ether oxygens (including phenoxy) is 1. The summed E-state index contributed by atoms with van der Waals surface area (Å²) in [7, 11) is 0. The molecule has 94 valence electrons. The quantitative estimate of drug-likeness (QED) is 0.874. The number of benzene rings is 1. The van der Waals surface area contributed by atoms with E-state index in [2.05, 4.69) is 14.9 Å². The van der Waals surface area contributed by atoms with E-state index in [1.165, 1.54) is 0 Å². The van der Waals surface area contributed by atoms with Crippen molar-refractivity contribution >= 4 is 39.8 Å². The Balaban J connectivity index is 2.23. The van der Waals surface area contributed by atoms with E-state index in [-0.39, 0.29) is 5.69 Å². The van der Waals surface area contributed by atoms with Gasteiger partial charge in [0.25, 0.3) is 0 Å². The van der Waals surface area contributed by atoms with Gasteiger partial charge in [-0.2, -0.15) is 0 Å². The van der Waals surface area contributed by atoms with Gasteiger partial charge in [-0.1, -0.05) is 28.2 Å². The van der Waals surface area contributed by atoms with Crippen LogP contribution in [0.2, 0.25) is 5.02 Å². The van der Waals surface area contributed by atoms with Gasteiger partial charge in [-0.3, -0.25) is 0 Å². The Bertz CT molecular complexity index is 559. The minimum atomic E-state index is -0.499. The Morgan fingerprint density at radius 2 is 2.28 bits per heavy atom. The normalized spacial score (nSPS) is 10.1. The van der Waals surface area contributed by atoms with Crippen LogP contribution in [0.15, 0.2) is 24.3 Å². The van der Waals surface area contributed by atoms with Crippen LogP contribution in [0.1, 0.15) is 17.4 Å². The summed E-state index contributed by atoms with van der Waals surface area (Å²) < 4.78 is 8.62. The van der Waals surface area contributed by atoms with Gasteiger partial charge in [0.1, 0.15) is 5.00 Å². The minimum Gasteiger partial charge on any atom is -0.461 e. The molecule has 2 rings (SSSR count). The number of rotatable bonds is 4. The Morgan fingerprint density at radius 3 is 3.00 bits per heavy atom. The minimum absolute atomic E-state index is 0.168. The number of carbonyl (C=O) groups is 1. The van der Waals surface area contributed by atoms with Gasteiger partial charge in [0.2, 0.25) is 5.69 Å². The molecule has 0 radical (unpaired) electrons. The lowest BCUT2D eigenvalue weighted by Gasteiger charge is -2.06. The van der Waals surface area contributed by atoms with Gasteiger partial charge < -0.3 is 10.1 Å². The summed E-state index contributed by atoms with van der Waals surface area (Å²) in [4.78, 5) is 11.6. The molecule has 1 N–H and O–H groups in total. The predicted octanol–water partition coefficient (Wildman–Crippen LogP) is 3.11. The molecule has 0 amide bonds. The van der Waals surface area contributed by atoms with Crippen LogP contribution in [0.3, 0.4) is 0 Å². The largest absolute Gasteiger partial charge is 0.461 e. The number of hydrogen-bond acceptors (Lipinski definition) is 6. The molecule has 0 bridgehead atoms. The first kappa shape index (κ1) is 12.8. The molecule has 0 atom stereocenters. The molecule has 18 heavy (non-hydrogen) atoms. The van der Waals surface area contributed by atoms with Gasteiger partial charge in [0, 0.05) is 11.5 Å². The van der Waals surface area contributed by atoms with Gasteiger partial charge in [-0.25, -0.2) is 4.79 Å². The number of hydrogen-bond donors (Lipinski definition) is 1. The topological polar surface area (TPSA) is 64.1 Å². The van der Waals surface area contributed by atoms with Crippen LogP contribution in [-0.4, -0.2) is 22.2 Å². The monoisotopic (exact) mass is 283 g/mol. The summed E-state index contributed by atoms with van der Waals surface area (Å²) in [5.74, 6) is -0.499. The van der Waals surface area contributed by atoms with Crippen molar-refractivity contribution in [2.24, 2.45) is 0 Å². The molecule has 0 saturated carbocycles. The molecule has 1 heterocycles. The maximum absolute atomic E-state index is 11.6. The van der Waals surface area contributed by atoms with E-state index in [0.717, 1.165) is 11.5 Å². The summed E-state index contributed by atoms with van der Waals surface area (Å²) in [5.41, 5.74) is 0.859. The van der Waals surface area contributed by atoms with E-state index in [1.807, 2.05) is 12.1 Å². The first-order valence-corrected chi connectivity index (χ1v) is 6.38. The van der Waals surface area contributed by atoms with Crippen LogP contribution < -0.4 is 5.32 Å². The molecule has 7 heteroatoms. The first-order chi connectivity index (χ1) is 8.72. The summed E-state index contributed by atoms with van der Waals surface area (Å²) in [6.07, 6.45) is 0. The molecular weight excluding hydrogens is 274 g/mol. The van der Waals surface area contributed by atoms with E-state index >= 15 is 0 Å². The second-order valence-corrected chi connectivity index (χ2v) is 4.44. The fraction of sp³-hybridized carbons (Fsp3) is 0.182. The molecule has 0 aliphatic carbocycles. The molecule has 0 spiro atoms. The van der Waals surface area contributed by atoms with Crippen molar-refractivity contribution in [2.45, 2.75) is 6.92 Å². The van der Waals surface area contributed by atoms with Crippen molar-refractivity contribution in [1.29, 1.82) is 0 Å². The number of nitrogens with zero attached hydrogens (tertiary/aromatic N) is 2. The Hall–Kier alpha value is -1.66. The lowest BCUT2D eigenvalue weighted by Crippen LogP contribution is -2.07. The predicted molar refractivity (Wildman–Crippen MR) is 70.6 cm³/mol. The molecule has 0 aliphatic heterocycles. The zero-order valence-corrected chi connectivity index (χ0v) is 11.1. The van der Waals surface area contributed by atoms with Crippen molar-refractivity contribution in [1.82, 2.24) is 9.59 Å². The summed E-state index contributed by atoms with van der Waals surface area (Å²) in [6.45, 7) is 2.03. The van der Waals surface area contributed by atoms with Crippen molar-refractivity contribution in [3.63, 3.8) is 0 Å². The van der Waals surface area contributed by atoms with Crippen LogP contribution in [0.4, 0.5) is 10.7 Å². The van der Waals surface area contributed by atoms with Crippen molar-refractivity contribution in [3.05, 3.63) is 35.0 Å². The fourth-order valence-corrected chi connectivity index (χ4v) is 2.04. The number of aromatic nitrogens is 2. The van der Waals surface area contributed by atoms with E-state index in [4.69, 9.17) is 16.3 Å². The van der Waals surface area contributed by atoms with Crippen LogP contribution in [0.25, 0.3) is 0 Å². The SMILES string of the molecule is CCOC(=O)c1nnsc1Nc1ccccc1Cl. The Kier molecular flexibility index (Phi) is 4.11. The second-order valence-electron chi connectivity index (χ2n) is 3.28. The van der Waals surface area contributed by atoms with Crippen LogP contribution in [-0.2, 0) is 4.74 Å². The van der Waals surface area contributed by atoms with E-state index in [0.29, 0.717) is 22.3 Å². The second kappa shape index (κ2) is 5.79. The molecule has 0 aliphatic rings. The van der Waals surface area contributed by atoms with Crippen LogP contribution in [0.5, 0.6) is 0 Å². The number of carbonyl (C=O) groups excluding carboxylic acids is 1. The third-order valence-corrected chi connectivity index (χ3v) is 3.05. The molecule has 1 aromatic heterocycles. The van der Waals surface area contributed by atoms with Gasteiger partial charge in [-0.05, 0) is 19.1 Å². The van der Waals surface area contributed by atoms with E-state index in [9.17, 15) is 4.79 Å². The standard InChI is InChI=1S/C11H10ClN3O2S/c1-2-17-11(16)9-10(18-15-14-9)13-8-6-4-3-5-7(8)12/h3-6,13H,2H2,1H3. The Labute approximate surface area is 113 Å². The molecule has 1 aromatic carbocycles. The molecule has 5 nitrogen and oxygen atoms in total. The van der Waals surface area contributed by atoms with Gasteiger partial charge in [-0.15, -0.1) is 5.10 Å². The highest BCUT2D eigenvalue weighted by molar-refractivity contribution is 7.10.